The molecule has 20 heavy (non-hydrogen) atoms. The SMILES string of the molecule is CC(C)C[C@@H](N=CC1C(=O)OC(C)(C)OC1=O)C(=O)O. The van der Waals surface area contributed by atoms with E-state index in [9.17, 15) is 14.4 Å². The van der Waals surface area contributed by atoms with Gasteiger partial charge in [0.1, 0.15) is 6.04 Å². The number of carboxylic acid groups (broad SMARTS) is 1. The molecule has 0 amide bonds. The molecule has 1 N–H and O–H groups in total. The Hall–Kier alpha value is -1.92. The molecule has 1 aliphatic heterocycles. The molecule has 1 fully saturated rings. The summed E-state index contributed by atoms with van der Waals surface area (Å²) in [5.41, 5.74) is 0. The highest BCUT2D eigenvalue weighted by atomic mass is 16.7. The fraction of sp³-hybridized carbons (Fsp3) is 0.692. The minimum Gasteiger partial charge on any atom is -0.480 e. The van der Waals surface area contributed by atoms with Gasteiger partial charge >= 0.3 is 17.9 Å². The van der Waals surface area contributed by atoms with Crippen molar-refractivity contribution in [1.82, 2.24) is 0 Å². The lowest BCUT2D eigenvalue weighted by molar-refractivity contribution is -0.235. The zero-order valence-corrected chi connectivity index (χ0v) is 12.0. The lowest BCUT2D eigenvalue weighted by Gasteiger charge is -2.31. The second-order valence-electron chi connectivity index (χ2n) is 5.50. The fourth-order valence-corrected chi connectivity index (χ4v) is 1.71. The van der Waals surface area contributed by atoms with Crippen LogP contribution in [0.3, 0.4) is 0 Å². The minimum atomic E-state index is -1.31. The van der Waals surface area contributed by atoms with Gasteiger partial charge in [-0.25, -0.2) is 4.79 Å². The number of ether oxygens (including phenoxy) is 2. The lowest BCUT2D eigenvalue weighted by atomic mass is 10.0. The number of aliphatic imine (C=N–C) groups is 1. The summed E-state index contributed by atoms with van der Waals surface area (Å²) >= 11 is 0. The van der Waals surface area contributed by atoms with E-state index in [-0.39, 0.29) is 5.92 Å². The molecule has 0 aliphatic carbocycles. The third-order valence-electron chi connectivity index (χ3n) is 2.60. The molecule has 0 spiro atoms. The van der Waals surface area contributed by atoms with E-state index in [2.05, 4.69) is 4.99 Å². The highest BCUT2D eigenvalue weighted by molar-refractivity contribution is 6.10. The molecule has 0 unspecified atom stereocenters. The number of cyclic esters (lactones) is 2. The van der Waals surface area contributed by atoms with Crippen molar-refractivity contribution in [1.29, 1.82) is 0 Å². The molecule has 1 saturated heterocycles. The Morgan fingerprint density at radius 1 is 1.35 bits per heavy atom. The van der Waals surface area contributed by atoms with E-state index in [4.69, 9.17) is 14.6 Å². The molecule has 0 aromatic heterocycles. The van der Waals surface area contributed by atoms with Crippen molar-refractivity contribution >= 4 is 24.1 Å². The zero-order valence-electron chi connectivity index (χ0n) is 12.0. The largest absolute Gasteiger partial charge is 0.480 e. The summed E-state index contributed by atoms with van der Waals surface area (Å²) < 4.78 is 9.82. The van der Waals surface area contributed by atoms with Gasteiger partial charge in [-0.05, 0) is 12.3 Å². The molecule has 0 radical (unpaired) electrons. The number of rotatable bonds is 5. The summed E-state index contributed by atoms with van der Waals surface area (Å²) in [6, 6.07) is -0.995. The number of carbonyl (C=O) groups excluding carboxylic acids is 2. The molecule has 7 heteroatoms. The van der Waals surface area contributed by atoms with Crippen LogP contribution in [-0.2, 0) is 23.9 Å². The lowest BCUT2D eigenvalue weighted by Crippen LogP contribution is -2.47. The molecule has 0 bridgehead atoms. The predicted molar refractivity (Wildman–Crippen MR) is 69.1 cm³/mol. The van der Waals surface area contributed by atoms with Crippen molar-refractivity contribution in [3.8, 4) is 0 Å². The first kappa shape index (κ1) is 16.1. The summed E-state index contributed by atoms with van der Waals surface area (Å²) in [5, 5.41) is 9.02. The van der Waals surface area contributed by atoms with Crippen molar-refractivity contribution in [2.24, 2.45) is 16.8 Å². The first-order chi connectivity index (χ1) is 9.12. The van der Waals surface area contributed by atoms with Crippen molar-refractivity contribution in [3.05, 3.63) is 0 Å². The summed E-state index contributed by atoms with van der Waals surface area (Å²) in [6.07, 6.45) is 1.31. The van der Waals surface area contributed by atoms with E-state index in [0.29, 0.717) is 6.42 Å². The number of esters is 2. The molecule has 0 saturated carbocycles. The highest BCUT2D eigenvalue weighted by Gasteiger charge is 2.42. The molecule has 0 aromatic carbocycles. The van der Waals surface area contributed by atoms with Gasteiger partial charge in [0, 0.05) is 20.1 Å². The van der Waals surface area contributed by atoms with Crippen LogP contribution >= 0.6 is 0 Å². The van der Waals surface area contributed by atoms with Crippen LogP contribution < -0.4 is 0 Å². The topological polar surface area (TPSA) is 102 Å². The fourth-order valence-electron chi connectivity index (χ4n) is 1.71. The van der Waals surface area contributed by atoms with Gasteiger partial charge in [-0.15, -0.1) is 0 Å². The average Bonchev–Trinajstić information content (AvgIpc) is 2.23. The summed E-state index contributed by atoms with van der Waals surface area (Å²) in [7, 11) is 0. The normalized spacial score (nSPS) is 20.9. The second-order valence-corrected chi connectivity index (χ2v) is 5.50. The summed E-state index contributed by atoms with van der Waals surface area (Å²) in [6.45, 7) is 6.60. The zero-order chi connectivity index (χ0) is 15.5. The van der Waals surface area contributed by atoms with Gasteiger partial charge in [0.05, 0.1) is 0 Å². The van der Waals surface area contributed by atoms with Crippen LogP contribution in [0.2, 0.25) is 0 Å². The Kier molecular flexibility index (Phi) is 4.86. The maximum absolute atomic E-state index is 11.7. The van der Waals surface area contributed by atoms with Crippen LogP contribution in [0.4, 0.5) is 0 Å². The van der Waals surface area contributed by atoms with E-state index in [0.717, 1.165) is 6.21 Å². The maximum Gasteiger partial charge on any atom is 0.329 e. The van der Waals surface area contributed by atoms with Gasteiger partial charge < -0.3 is 14.6 Å². The Labute approximate surface area is 117 Å². The van der Waals surface area contributed by atoms with Crippen LogP contribution in [0.5, 0.6) is 0 Å². The van der Waals surface area contributed by atoms with E-state index in [1.807, 2.05) is 13.8 Å². The maximum atomic E-state index is 11.7. The van der Waals surface area contributed by atoms with Crippen LogP contribution in [0.1, 0.15) is 34.1 Å². The van der Waals surface area contributed by atoms with Crippen LogP contribution in [0, 0.1) is 11.8 Å². The quantitative estimate of drug-likeness (QED) is 0.459. The number of carboxylic acids is 1. The van der Waals surface area contributed by atoms with Gasteiger partial charge in [-0.3, -0.25) is 14.6 Å². The number of carbonyl (C=O) groups is 3. The smallest absolute Gasteiger partial charge is 0.329 e. The third kappa shape index (κ3) is 4.32. The van der Waals surface area contributed by atoms with E-state index >= 15 is 0 Å². The number of nitrogens with zero attached hydrogens (tertiary/aromatic N) is 1. The standard InChI is InChI=1S/C13H19NO6/c1-7(2)5-9(10(15)16)14-6-8-11(17)19-13(3,4)20-12(8)18/h6-9H,5H2,1-4H3,(H,15,16)/t9-/m1/s1. The third-order valence-corrected chi connectivity index (χ3v) is 2.60. The monoisotopic (exact) mass is 285 g/mol. The minimum absolute atomic E-state index is 0.123. The van der Waals surface area contributed by atoms with Gasteiger partial charge in [0.15, 0.2) is 5.92 Å². The summed E-state index contributed by atoms with van der Waals surface area (Å²) in [5.74, 6) is -5.17. The Balaban J connectivity index is 2.80. The van der Waals surface area contributed by atoms with Crippen molar-refractivity contribution in [2.45, 2.75) is 45.9 Å². The van der Waals surface area contributed by atoms with Crippen LogP contribution in [0.25, 0.3) is 0 Å². The van der Waals surface area contributed by atoms with Crippen molar-refractivity contribution < 1.29 is 29.0 Å². The first-order valence-electron chi connectivity index (χ1n) is 6.34. The second kappa shape index (κ2) is 6.02. The van der Waals surface area contributed by atoms with Crippen LogP contribution in [-0.4, -0.2) is 41.1 Å². The van der Waals surface area contributed by atoms with E-state index < -0.39 is 35.7 Å². The molecule has 0 aromatic rings. The average molecular weight is 285 g/mol. The first-order valence-corrected chi connectivity index (χ1v) is 6.34. The molecule has 1 aliphatic rings. The van der Waals surface area contributed by atoms with E-state index in [1.165, 1.54) is 13.8 Å². The molecule has 1 rings (SSSR count). The van der Waals surface area contributed by atoms with Gasteiger partial charge in [0.25, 0.3) is 5.79 Å². The Morgan fingerprint density at radius 3 is 2.25 bits per heavy atom. The van der Waals surface area contributed by atoms with Crippen molar-refractivity contribution in [2.75, 3.05) is 0 Å². The molecule has 112 valence electrons. The van der Waals surface area contributed by atoms with Gasteiger partial charge in [-0.2, -0.15) is 0 Å². The molecule has 1 heterocycles. The molecule has 1 atom stereocenters. The molecular formula is C13H19NO6. The van der Waals surface area contributed by atoms with Crippen LogP contribution in [0.15, 0.2) is 4.99 Å². The van der Waals surface area contributed by atoms with Gasteiger partial charge in [0.2, 0.25) is 0 Å². The Morgan fingerprint density at radius 2 is 1.85 bits per heavy atom. The predicted octanol–water partition coefficient (Wildman–Crippen LogP) is 1.01. The molecular weight excluding hydrogens is 266 g/mol. The Bertz CT molecular complexity index is 420. The van der Waals surface area contributed by atoms with Gasteiger partial charge in [-0.1, -0.05) is 13.8 Å². The number of aliphatic carboxylic acids is 1. The van der Waals surface area contributed by atoms with E-state index in [1.54, 1.807) is 0 Å². The van der Waals surface area contributed by atoms with Crippen molar-refractivity contribution in [3.63, 3.8) is 0 Å². The molecule has 7 nitrogen and oxygen atoms in total. The number of hydrogen-bond acceptors (Lipinski definition) is 6. The summed E-state index contributed by atoms with van der Waals surface area (Å²) in [4.78, 5) is 38.2. The number of hydrogen-bond donors (Lipinski definition) is 1. The highest BCUT2D eigenvalue weighted by Crippen LogP contribution is 2.22.